The lowest BCUT2D eigenvalue weighted by Crippen LogP contribution is -2.46. The molecule has 1 aliphatic heterocycles. The van der Waals surface area contributed by atoms with Crippen LogP contribution in [0.25, 0.3) is 11.3 Å². The minimum Gasteiger partial charge on any atom is -0.496 e. The Labute approximate surface area is 180 Å². The molecule has 31 heavy (non-hydrogen) atoms. The van der Waals surface area contributed by atoms with Gasteiger partial charge in [0.15, 0.2) is 5.43 Å². The van der Waals surface area contributed by atoms with Gasteiger partial charge >= 0.3 is 5.97 Å². The molecule has 1 aliphatic carbocycles. The Bertz CT molecular complexity index is 1220. The van der Waals surface area contributed by atoms with Crippen molar-refractivity contribution in [2.24, 2.45) is 0 Å². The summed E-state index contributed by atoms with van der Waals surface area (Å²) >= 11 is 0. The number of carbonyl (C=O) groups is 1. The molecular formula is C26H25NO4. The lowest BCUT2D eigenvalue weighted by molar-refractivity contribution is 0.0691. The maximum atomic E-state index is 12.5. The molecular weight excluding hydrogens is 390 g/mol. The normalized spacial score (nSPS) is 15.6. The van der Waals surface area contributed by atoms with Gasteiger partial charge in [-0.15, -0.1) is 0 Å². The van der Waals surface area contributed by atoms with Crippen LogP contribution < -0.4 is 10.2 Å². The van der Waals surface area contributed by atoms with Gasteiger partial charge in [-0.1, -0.05) is 36.4 Å². The van der Waals surface area contributed by atoms with E-state index in [1.165, 1.54) is 17.2 Å². The van der Waals surface area contributed by atoms with Crippen molar-refractivity contribution in [3.05, 3.63) is 87.2 Å². The molecule has 1 saturated carbocycles. The SMILES string of the molecule is COc1cc2c(cc1CCc1ccccc1)CC1(CCC1)n1cc(C(=O)O)c(=O)cc1-2. The fourth-order valence-electron chi connectivity index (χ4n) is 5.11. The van der Waals surface area contributed by atoms with Crippen molar-refractivity contribution in [2.45, 2.75) is 44.1 Å². The Kier molecular flexibility index (Phi) is 4.69. The smallest absolute Gasteiger partial charge is 0.341 e. The highest BCUT2D eigenvalue weighted by atomic mass is 16.5. The average Bonchev–Trinajstić information content (AvgIpc) is 2.75. The first-order valence-electron chi connectivity index (χ1n) is 10.8. The molecule has 0 radical (unpaired) electrons. The molecule has 2 aromatic carbocycles. The van der Waals surface area contributed by atoms with Crippen LogP contribution in [0.3, 0.4) is 0 Å². The van der Waals surface area contributed by atoms with Gasteiger partial charge in [-0.25, -0.2) is 4.79 Å². The number of carboxylic acids is 1. The topological polar surface area (TPSA) is 68.5 Å². The third-order valence-electron chi connectivity index (χ3n) is 6.90. The summed E-state index contributed by atoms with van der Waals surface area (Å²) in [6.07, 6.45) is 7.30. The van der Waals surface area contributed by atoms with Gasteiger partial charge in [-0.05, 0) is 61.3 Å². The Balaban J connectivity index is 1.60. The number of benzene rings is 2. The van der Waals surface area contributed by atoms with Gasteiger partial charge in [0.2, 0.25) is 0 Å². The van der Waals surface area contributed by atoms with Crippen molar-refractivity contribution in [1.82, 2.24) is 4.57 Å². The van der Waals surface area contributed by atoms with Gasteiger partial charge in [-0.3, -0.25) is 4.79 Å². The minimum atomic E-state index is -1.17. The first-order chi connectivity index (χ1) is 15.0. The molecule has 0 atom stereocenters. The number of methoxy groups -OCH3 is 1. The molecule has 5 nitrogen and oxygen atoms in total. The summed E-state index contributed by atoms with van der Waals surface area (Å²) in [4.78, 5) is 24.1. The molecule has 1 N–H and O–H groups in total. The van der Waals surface area contributed by atoms with Crippen LogP contribution in [0.15, 0.2) is 59.5 Å². The first-order valence-corrected chi connectivity index (χ1v) is 10.8. The second-order valence-electron chi connectivity index (χ2n) is 8.67. The van der Waals surface area contributed by atoms with Crippen LogP contribution in [0.4, 0.5) is 0 Å². The molecule has 5 rings (SSSR count). The molecule has 1 spiro atoms. The molecule has 2 heterocycles. The maximum Gasteiger partial charge on any atom is 0.341 e. The molecule has 5 heteroatoms. The van der Waals surface area contributed by atoms with Gasteiger partial charge in [-0.2, -0.15) is 0 Å². The number of nitrogens with zero attached hydrogens (tertiary/aromatic N) is 1. The van der Waals surface area contributed by atoms with Crippen molar-refractivity contribution in [1.29, 1.82) is 0 Å². The van der Waals surface area contributed by atoms with Crippen LogP contribution in [0, 0.1) is 0 Å². The summed E-state index contributed by atoms with van der Waals surface area (Å²) in [5, 5.41) is 9.46. The molecule has 2 aliphatic rings. The van der Waals surface area contributed by atoms with E-state index in [4.69, 9.17) is 4.74 Å². The number of hydrogen-bond donors (Lipinski definition) is 1. The summed E-state index contributed by atoms with van der Waals surface area (Å²) < 4.78 is 7.77. The number of fused-ring (bicyclic) bond motifs is 4. The third-order valence-corrected chi connectivity index (χ3v) is 6.90. The number of carboxylic acid groups (broad SMARTS) is 1. The highest BCUT2D eigenvalue weighted by Gasteiger charge is 2.43. The summed E-state index contributed by atoms with van der Waals surface area (Å²) in [6.45, 7) is 0. The molecule has 158 valence electrons. The van der Waals surface area contributed by atoms with Gasteiger partial charge in [0, 0.05) is 23.4 Å². The van der Waals surface area contributed by atoms with Gasteiger partial charge in [0.25, 0.3) is 0 Å². The fourth-order valence-corrected chi connectivity index (χ4v) is 5.11. The van der Waals surface area contributed by atoms with Crippen LogP contribution >= 0.6 is 0 Å². The van der Waals surface area contributed by atoms with Crippen LogP contribution in [0.5, 0.6) is 5.75 Å². The number of pyridine rings is 1. The Morgan fingerprint density at radius 3 is 2.55 bits per heavy atom. The van der Waals surface area contributed by atoms with Crippen molar-refractivity contribution in [2.75, 3.05) is 7.11 Å². The highest BCUT2D eigenvalue weighted by molar-refractivity contribution is 5.88. The second kappa shape index (κ2) is 7.41. The lowest BCUT2D eigenvalue weighted by Gasteiger charge is -2.49. The number of ether oxygens (including phenoxy) is 1. The monoisotopic (exact) mass is 415 g/mol. The zero-order valence-electron chi connectivity index (χ0n) is 17.6. The summed E-state index contributed by atoms with van der Waals surface area (Å²) in [5.74, 6) is -0.366. The van der Waals surface area contributed by atoms with Crippen LogP contribution in [-0.2, 0) is 24.8 Å². The van der Waals surface area contributed by atoms with Crippen molar-refractivity contribution < 1.29 is 14.6 Å². The standard InChI is InChI=1S/C26H25NO4/c1-31-24-13-20-19(12-18(24)9-8-17-6-3-2-4-7-17)15-26(10-5-11-26)27-16-21(25(29)30)23(28)14-22(20)27/h2-4,6-7,12-14,16H,5,8-11,15H2,1H3,(H,29,30). The quantitative estimate of drug-likeness (QED) is 0.669. The summed E-state index contributed by atoms with van der Waals surface area (Å²) in [7, 11) is 1.67. The molecule has 0 amide bonds. The number of hydrogen-bond acceptors (Lipinski definition) is 3. The number of aromatic nitrogens is 1. The van der Waals surface area contributed by atoms with Crippen molar-refractivity contribution >= 4 is 5.97 Å². The molecule has 1 fully saturated rings. The van der Waals surface area contributed by atoms with Crippen LogP contribution in [0.1, 0.15) is 46.3 Å². The Morgan fingerprint density at radius 2 is 1.90 bits per heavy atom. The average molecular weight is 415 g/mol. The number of rotatable bonds is 5. The summed E-state index contributed by atoms with van der Waals surface area (Å²) in [6, 6.07) is 16.2. The third kappa shape index (κ3) is 3.25. The maximum absolute atomic E-state index is 12.5. The minimum absolute atomic E-state index is 0.133. The largest absolute Gasteiger partial charge is 0.496 e. The summed E-state index contributed by atoms with van der Waals surface area (Å²) in [5.41, 5.74) is 4.68. The first kappa shape index (κ1) is 19.6. The predicted octanol–water partition coefficient (Wildman–Crippen LogP) is 4.44. The Hall–Kier alpha value is -3.34. The molecule has 0 bridgehead atoms. The zero-order valence-corrected chi connectivity index (χ0v) is 17.6. The van der Waals surface area contributed by atoms with Gasteiger partial charge < -0.3 is 14.4 Å². The van der Waals surface area contributed by atoms with Crippen LogP contribution in [-0.4, -0.2) is 22.8 Å². The van der Waals surface area contributed by atoms with E-state index in [1.54, 1.807) is 13.3 Å². The molecule has 0 saturated heterocycles. The van der Waals surface area contributed by atoms with Crippen molar-refractivity contribution in [3.8, 4) is 17.0 Å². The fraction of sp³-hybridized carbons (Fsp3) is 0.308. The Morgan fingerprint density at radius 1 is 1.13 bits per heavy atom. The number of aromatic carboxylic acids is 1. The van der Waals surface area contributed by atoms with E-state index in [1.807, 2.05) is 16.7 Å². The van der Waals surface area contributed by atoms with Gasteiger partial charge in [0.05, 0.1) is 12.8 Å². The van der Waals surface area contributed by atoms with E-state index < -0.39 is 11.4 Å². The van der Waals surface area contributed by atoms with E-state index in [-0.39, 0.29) is 11.1 Å². The highest BCUT2D eigenvalue weighted by Crippen LogP contribution is 2.49. The molecule has 1 aromatic heterocycles. The van der Waals surface area contributed by atoms with E-state index in [0.717, 1.165) is 61.1 Å². The molecule has 0 unspecified atom stereocenters. The van der Waals surface area contributed by atoms with E-state index in [9.17, 15) is 14.7 Å². The number of aryl methyl sites for hydroxylation is 2. The van der Waals surface area contributed by atoms with Crippen LogP contribution in [0.2, 0.25) is 0 Å². The van der Waals surface area contributed by atoms with Gasteiger partial charge in [0.1, 0.15) is 11.3 Å². The predicted molar refractivity (Wildman–Crippen MR) is 119 cm³/mol. The molecule has 3 aromatic rings. The van der Waals surface area contributed by atoms with Crippen molar-refractivity contribution in [3.63, 3.8) is 0 Å². The lowest BCUT2D eigenvalue weighted by atomic mass is 9.69. The zero-order chi connectivity index (χ0) is 21.6. The van der Waals surface area contributed by atoms with E-state index in [2.05, 4.69) is 30.3 Å². The van der Waals surface area contributed by atoms with E-state index in [0.29, 0.717) is 0 Å². The second-order valence-corrected chi connectivity index (χ2v) is 8.67. The van der Waals surface area contributed by atoms with E-state index >= 15 is 0 Å².